The van der Waals surface area contributed by atoms with Gasteiger partial charge in [-0.15, -0.1) is 0 Å². The third kappa shape index (κ3) is 3.28. The first-order valence-electron chi connectivity index (χ1n) is 9.00. The summed E-state index contributed by atoms with van der Waals surface area (Å²) < 4.78 is 10.8. The summed E-state index contributed by atoms with van der Waals surface area (Å²) in [6.07, 6.45) is 3.35. The molecule has 2 aromatic heterocycles. The van der Waals surface area contributed by atoms with Crippen molar-refractivity contribution in [1.82, 2.24) is 19.9 Å². The molecule has 144 valence electrons. The fourth-order valence-electron chi connectivity index (χ4n) is 3.49. The van der Waals surface area contributed by atoms with Crippen molar-refractivity contribution >= 4 is 22.6 Å². The smallest absolute Gasteiger partial charge is 0.295 e. The molecule has 0 bridgehead atoms. The standard InChI is InChI=1S/C20H20N4O4/c1-12-18(14-5-3-4-6-15(14)22-12)19(25)20(26)24-8-7-13(11-24)28-17-10-21-9-16(23-17)27-2/h3-6,9-10,13,22H,7-8,11H2,1-2H3. The first-order valence-corrected chi connectivity index (χ1v) is 9.00. The SMILES string of the molecule is COc1cncc(OC2CCN(C(=O)C(=O)c3c(C)[nH]c4ccccc34)C2)n1. The molecule has 0 radical (unpaired) electrons. The molecule has 3 aromatic rings. The molecule has 8 heteroatoms. The number of carbonyl (C=O) groups is 2. The highest BCUT2D eigenvalue weighted by Crippen LogP contribution is 2.24. The van der Waals surface area contributed by atoms with Crippen LogP contribution in [0.15, 0.2) is 36.7 Å². The first kappa shape index (κ1) is 18.0. The molecule has 0 spiro atoms. The van der Waals surface area contributed by atoms with E-state index in [1.165, 1.54) is 24.4 Å². The minimum Gasteiger partial charge on any atom is -0.480 e. The number of ether oxygens (including phenoxy) is 2. The number of likely N-dealkylation sites (tertiary alicyclic amines) is 1. The summed E-state index contributed by atoms with van der Waals surface area (Å²) in [6.45, 7) is 2.58. The van der Waals surface area contributed by atoms with Crippen molar-refractivity contribution in [3.63, 3.8) is 0 Å². The Morgan fingerprint density at radius 2 is 2.00 bits per heavy atom. The number of methoxy groups -OCH3 is 1. The van der Waals surface area contributed by atoms with Crippen LogP contribution in [-0.2, 0) is 4.79 Å². The molecule has 1 aliphatic rings. The third-order valence-electron chi connectivity index (χ3n) is 4.83. The van der Waals surface area contributed by atoms with Crippen LogP contribution < -0.4 is 9.47 Å². The van der Waals surface area contributed by atoms with E-state index in [4.69, 9.17) is 9.47 Å². The number of para-hydroxylation sites is 1. The zero-order valence-corrected chi connectivity index (χ0v) is 15.6. The van der Waals surface area contributed by atoms with Gasteiger partial charge in [0.1, 0.15) is 6.10 Å². The Labute approximate surface area is 161 Å². The maximum atomic E-state index is 12.9. The predicted molar refractivity (Wildman–Crippen MR) is 102 cm³/mol. The van der Waals surface area contributed by atoms with Gasteiger partial charge >= 0.3 is 0 Å². The summed E-state index contributed by atoms with van der Waals surface area (Å²) in [5.74, 6) is -0.335. The van der Waals surface area contributed by atoms with Gasteiger partial charge in [-0.2, -0.15) is 4.98 Å². The lowest BCUT2D eigenvalue weighted by molar-refractivity contribution is -0.125. The van der Waals surface area contributed by atoms with Gasteiger partial charge in [0.25, 0.3) is 11.7 Å². The van der Waals surface area contributed by atoms with Crippen molar-refractivity contribution in [3.8, 4) is 11.8 Å². The second-order valence-corrected chi connectivity index (χ2v) is 6.68. The zero-order valence-electron chi connectivity index (χ0n) is 15.6. The Bertz CT molecular complexity index is 1050. The first-order chi connectivity index (χ1) is 13.6. The van der Waals surface area contributed by atoms with Gasteiger partial charge in [0.2, 0.25) is 11.8 Å². The maximum absolute atomic E-state index is 12.9. The number of amides is 1. The predicted octanol–water partition coefficient (Wildman–Crippen LogP) is 2.14. The fraction of sp³-hybridized carbons (Fsp3) is 0.300. The van der Waals surface area contributed by atoms with Crippen molar-refractivity contribution in [1.29, 1.82) is 0 Å². The maximum Gasteiger partial charge on any atom is 0.295 e. The van der Waals surface area contributed by atoms with Crippen LogP contribution in [0.4, 0.5) is 0 Å². The second kappa shape index (κ2) is 7.30. The number of rotatable bonds is 5. The van der Waals surface area contributed by atoms with E-state index in [2.05, 4.69) is 15.0 Å². The summed E-state index contributed by atoms with van der Waals surface area (Å²) in [4.78, 5) is 38.5. The number of aryl methyl sites for hydroxylation is 1. The van der Waals surface area contributed by atoms with Crippen molar-refractivity contribution in [2.24, 2.45) is 0 Å². The van der Waals surface area contributed by atoms with Crippen molar-refractivity contribution in [3.05, 3.63) is 47.9 Å². The van der Waals surface area contributed by atoms with E-state index in [0.29, 0.717) is 42.5 Å². The highest BCUT2D eigenvalue weighted by atomic mass is 16.5. The van der Waals surface area contributed by atoms with E-state index in [1.807, 2.05) is 24.3 Å². The molecule has 1 fully saturated rings. The highest BCUT2D eigenvalue weighted by Gasteiger charge is 2.33. The topological polar surface area (TPSA) is 97.4 Å². The van der Waals surface area contributed by atoms with Crippen LogP contribution in [-0.4, -0.2) is 57.8 Å². The van der Waals surface area contributed by atoms with Crippen LogP contribution in [0.1, 0.15) is 22.5 Å². The minimum absolute atomic E-state index is 0.248. The number of hydrogen-bond donors (Lipinski definition) is 1. The van der Waals surface area contributed by atoms with Crippen LogP contribution >= 0.6 is 0 Å². The quantitative estimate of drug-likeness (QED) is 0.538. The molecular weight excluding hydrogens is 360 g/mol. The number of nitrogens with one attached hydrogen (secondary N) is 1. The van der Waals surface area contributed by atoms with Gasteiger partial charge in [-0.1, -0.05) is 18.2 Å². The van der Waals surface area contributed by atoms with Crippen molar-refractivity contribution in [2.75, 3.05) is 20.2 Å². The molecule has 0 saturated carbocycles. The molecule has 28 heavy (non-hydrogen) atoms. The molecule has 1 amide bonds. The Morgan fingerprint density at radius 1 is 1.21 bits per heavy atom. The minimum atomic E-state index is -0.518. The number of fused-ring (bicyclic) bond motifs is 1. The van der Waals surface area contributed by atoms with Crippen molar-refractivity contribution in [2.45, 2.75) is 19.4 Å². The summed E-state index contributed by atoms with van der Waals surface area (Å²) in [6, 6.07) is 7.47. The number of aromatic amines is 1. The van der Waals surface area contributed by atoms with E-state index in [-0.39, 0.29) is 6.10 Å². The van der Waals surface area contributed by atoms with Crippen LogP contribution in [0.3, 0.4) is 0 Å². The lowest BCUT2D eigenvalue weighted by atomic mass is 10.1. The van der Waals surface area contributed by atoms with Crippen LogP contribution in [0, 0.1) is 6.92 Å². The number of H-pyrrole nitrogens is 1. The Kier molecular flexibility index (Phi) is 4.68. The van der Waals surface area contributed by atoms with Gasteiger partial charge in [0.15, 0.2) is 0 Å². The second-order valence-electron chi connectivity index (χ2n) is 6.68. The molecule has 1 saturated heterocycles. The third-order valence-corrected chi connectivity index (χ3v) is 4.83. The number of Topliss-reactive ketones (excluding diaryl/α,β-unsaturated/α-hetero) is 1. The van der Waals surface area contributed by atoms with Gasteiger partial charge in [-0.3, -0.25) is 14.6 Å². The van der Waals surface area contributed by atoms with E-state index in [1.54, 1.807) is 6.92 Å². The number of aromatic nitrogens is 3. The number of nitrogens with zero attached hydrogens (tertiary/aromatic N) is 3. The molecule has 4 rings (SSSR count). The van der Waals surface area contributed by atoms with Crippen LogP contribution in [0.2, 0.25) is 0 Å². The Morgan fingerprint density at radius 3 is 2.82 bits per heavy atom. The van der Waals surface area contributed by atoms with Gasteiger partial charge in [0.05, 0.1) is 31.6 Å². The number of benzene rings is 1. The molecule has 1 unspecified atom stereocenters. The average molecular weight is 380 g/mol. The molecule has 1 N–H and O–H groups in total. The largest absolute Gasteiger partial charge is 0.480 e. The molecular formula is C20H20N4O4. The molecule has 3 heterocycles. The lowest BCUT2D eigenvalue weighted by Crippen LogP contribution is -2.36. The van der Waals surface area contributed by atoms with Gasteiger partial charge < -0.3 is 19.4 Å². The lowest BCUT2D eigenvalue weighted by Gasteiger charge is -2.16. The van der Waals surface area contributed by atoms with Crippen LogP contribution in [0.5, 0.6) is 11.8 Å². The van der Waals surface area contributed by atoms with Gasteiger partial charge in [-0.25, -0.2) is 0 Å². The summed E-state index contributed by atoms with van der Waals surface area (Å²) >= 11 is 0. The molecule has 0 aliphatic carbocycles. The number of hydrogen-bond acceptors (Lipinski definition) is 6. The zero-order chi connectivity index (χ0) is 19.7. The van der Waals surface area contributed by atoms with Gasteiger partial charge in [-0.05, 0) is 13.0 Å². The Balaban J connectivity index is 1.47. The average Bonchev–Trinajstić information content (AvgIpc) is 3.30. The van der Waals surface area contributed by atoms with E-state index < -0.39 is 11.7 Å². The summed E-state index contributed by atoms with van der Waals surface area (Å²) in [5.41, 5.74) is 1.97. The van der Waals surface area contributed by atoms with Crippen LogP contribution in [0.25, 0.3) is 10.9 Å². The number of ketones is 1. The number of carbonyl (C=O) groups excluding carboxylic acids is 2. The Hall–Kier alpha value is -3.42. The van der Waals surface area contributed by atoms with Crippen molar-refractivity contribution < 1.29 is 19.1 Å². The van der Waals surface area contributed by atoms with E-state index in [9.17, 15) is 9.59 Å². The molecule has 1 aromatic carbocycles. The normalized spacial score (nSPS) is 16.4. The van der Waals surface area contributed by atoms with E-state index >= 15 is 0 Å². The van der Waals surface area contributed by atoms with Gasteiger partial charge in [0, 0.05) is 29.6 Å². The van der Waals surface area contributed by atoms with E-state index in [0.717, 1.165) is 10.9 Å². The molecule has 1 atom stereocenters. The summed E-state index contributed by atoms with van der Waals surface area (Å²) in [5, 5.41) is 0.761. The monoisotopic (exact) mass is 380 g/mol. The fourth-order valence-corrected chi connectivity index (χ4v) is 3.49. The molecule has 1 aliphatic heterocycles. The molecule has 8 nitrogen and oxygen atoms in total. The summed E-state index contributed by atoms with van der Waals surface area (Å²) in [7, 11) is 1.50. The highest BCUT2D eigenvalue weighted by molar-refractivity contribution is 6.45.